The number of carbonyl (C=O) groups is 1. The van der Waals surface area contributed by atoms with Gasteiger partial charge in [0, 0.05) is 32.0 Å². The normalized spacial score (nSPS) is 26.5. The SMILES string of the molecule is CCCC(C)N1CCC2(CC1)CNC(=O)O2. The summed E-state index contributed by atoms with van der Waals surface area (Å²) in [5, 5.41) is 2.77. The minimum atomic E-state index is -0.241. The van der Waals surface area contributed by atoms with Gasteiger partial charge in [0.15, 0.2) is 0 Å². The van der Waals surface area contributed by atoms with Crippen LogP contribution >= 0.6 is 0 Å². The summed E-state index contributed by atoms with van der Waals surface area (Å²) < 4.78 is 5.40. The van der Waals surface area contributed by atoms with Crippen LogP contribution in [0.4, 0.5) is 4.79 Å². The van der Waals surface area contributed by atoms with E-state index in [1.54, 1.807) is 0 Å². The van der Waals surface area contributed by atoms with E-state index in [-0.39, 0.29) is 11.7 Å². The van der Waals surface area contributed by atoms with Crippen molar-refractivity contribution in [2.24, 2.45) is 0 Å². The summed E-state index contributed by atoms with van der Waals surface area (Å²) >= 11 is 0. The molecule has 0 radical (unpaired) electrons. The standard InChI is InChI=1S/C12H22N2O2/c1-3-4-10(2)14-7-5-12(6-8-14)9-13-11(15)16-12/h10H,3-9H2,1-2H3,(H,13,15). The Bertz CT molecular complexity index is 260. The average molecular weight is 226 g/mol. The van der Waals surface area contributed by atoms with Gasteiger partial charge in [-0.1, -0.05) is 13.3 Å². The van der Waals surface area contributed by atoms with Gasteiger partial charge in [0.05, 0.1) is 6.54 Å². The number of piperidine rings is 1. The lowest BCUT2D eigenvalue weighted by Crippen LogP contribution is -2.49. The van der Waals surface area contributed by atoms with Crippen molar-refractivity contribution in [1.82, 2.24) is 10.2 Å². The van der Waals surface area contributed by atoms with E-state index >= 15 is 0 Å². The summed E-state index contributed by atoms with van der Waals surface area (Å²) in [6.07, 6.45) is 4.19. The predicted molar refractivity (Wildman–Crippen MR) is 62.4 cm³/mol. The molecule has 4 nitrogen and oxygen atoms in total. The molecule has 0 aliphatic carbocycles. The number of nitrogens with zero attached hydrogens (tertiary/aromatic N) is 1. The Balaban J connectivity index is 1.84. The Morgan fingerprint density at radius 1 is 1.50 bits per heavy atom. The zero-order chi connectivity index (χ0) is 11.6. The lowest BCUT2D eigenvalue weighted by molar-refractivity contribution is -0.00880. The third kappa shape index (κ3) is 2.32. The minimum Gasteiger partial charge on any atom is -0.441 e. The van der Waals surface area contributed by atoms with Crippen LogP contribution in [0.15, 0.2) is 0 Å². The first-order valence-corrected chi connectivity index (χ1v) is 6.36. The molecule has 4 heteroatoms. The van der Waals surface area contributed by atoms with Gasteiger partial charge in [-0.15, -0.1) is 0 Å². The van der Waals surface area contributed by atoms with Crippen LogP contribution in [-0.4, -0.2) is 42.3 Å². The Morgan fingerprint density at radius 3 is 2.69 bits per heavy atom. The summed E-state index contributed by atoms with van der Waals surface area (Å²) in [7, 11) is 0. The van der Waals surface area contributed by atoms with Gasteiger partial charge in [-0.25, -0.2) is 4.79 Å². The fourth-order valence-corrected chi connectivity index (χ4v) is 2.75. The van der Waals surface area contributed by atoms with E-state index < -0.39 is 0 Å². The maximum atomic E-state index is 11.1. The van der Waals surface area contributed by atoms with Crippen LogP contribution in [-0.2, 0) is 4.74 Å². The van der Waals surface area contributed by atoms with Gasteiger partial charge in [0.25, 0.3) is 0 Å². The maximum Gasteiger partial charge on any atom is 0.407 e. The van der Waals surface area contributed by atoms with E-state index in [4.69, 9.17) is 4.74 Å². The number of rotatable bonds is 3. The third-order valence-electron chi connectivity index (χ3n) is 3.90. The summed E-state index contributed by atoms with van der Waals surface area (Å²) in [5.74, 6) is 0. The monoisotopic (exact) mass is 226 g/mol. The maximum absolute atomic E-state index is 11.1. The van der Waals surface area contributed by atoms with E-state index in [0.29, 0.717) is 12.6 Å². The molecule has 2 fully saturated rings. The van der Waals surface area contributed by atoms with Crippen LogP contribution in [0.25, 0.3) is 0 Å². The molecule has 2 aliphatic heterocycles. The van der Waals surface area contributed by atoms with E-state index in [9.17, 15) is 4.79 Å². The molecule has 2 aliphatic rings. The molecule has 1 spiro atoms. The van der Waals surface area contributed by atoms with Crippen LogP contribution < -0.4 is 5.32 Å². The highest BCUT2D eigenvalue weighted by molar-refractivity contribution is 5.70. The Labute approximate surface area is 97.3 Å². The number of nitrogens with one attached hydrogen (secondary N) is 1. The molecule has 0 aromatic carbocycles. The van der Waals surface area contributed by atoms with Crippen molar-refractivity contribution in [1.29, 1.82) is 0 Å². The molecular formula is C12H22N2O2. The number of amides is 1. The predicted octanol–water partition coefficient (Wildman–Crippen LogP) is 1.75. The Hall–Kier alpha value is -0.770. The Morgan fingerprint density at radius 2 is 2.19 bits per heavy atom. The molecule has 2 saturated heterocycles. The van der Waals surface area contributed by atoms with Gasteiger partial charge in [0.1, 0.15) is 5.60 Å². The minimum absolute atomic E-state index is 0.195. The van der Waals surface area contributed by atoms with E-state index in [1.807, 2.05) is 0 Å². The molecule has 1 unspecified atom stereocenters. The largest absolute Gasteiger partial charge is 0.441 e. The van der Waals surface area contributed by atoms with Gasteiger partial charge in [-0.05, 0) is 13.3 Å². The van der Waals surface area contributed by atoms with Crippen LogP contribution in [0.3, 0.4) is 0 Å². The molecule has 2 heterocycles. The number of likely N-dealkylation sites (tertiary alicyclic amines) is 1. The highest BCUT2D eigenvalue weighted by Crippen LogP contribution is 2.30. The topological polar surface area (TPSA) is 41.6 Å². The average Bonchev–Trinajstić information content (AvgIpc) is 2.61. The van der Waals surface area contributed by atoms with Crippen molar-refractivity contribution < 1.29 is 9.53 Å². The van der Waals surface area contributed by atoms with E-state index in [2.05, 4.69) is 24.1 Å². The number of alkyl carbamates (subject to hydrolysis) is 1. The Kier molecular flexibility index (Phi) is 3.38. The van der Waals surface area contributed by atoms with Crippen molar-refractivity contribution in [2.75, 3.05) is 19.6 Å². The van der Waals surface area contributed by atoms with Gasteiger partial charge in [-0.2, -0.15) is 0 Å². The van der Waals surface area contributed by atoms with Crippen LogP contribution in [0.5, 0.6) is 0 Å². The van der Waals surface area contributed by atoms with Crippen molar-refractivity contribution in [3.05, 3.63) is 0 Å². The van der Waals surface area contributed by atoms with Crippen molar-refractivity contribution in [3.8, 4) is 0 Å². The molecule has 1 N–H and O–H groups in total. The number of hydrogen-bond acceptors (Lipinski definition) is 3. The third-order valence-corrected chi connectivity index (χ3v) is 3.90. The van der Waals surface area contributed by atoms with Gasteiger partial charge >= 0.3 is 6.09 Å². The van der Waals surface area contributed by atoms with E-state index in [0.717, 1.165) is 25.9 Å². The highest BCUT2D eigenvalue weighted by atomic mass is 16.6. The summed E-state index contributed by atoms with van der Waals surface area (Å²) in [5.41, 5.74) is -0.195. The molecule has 0 aromatic rings. The van der Waals surface area contributed by atoms with Crippen molar-refractivity contribution in [2.45, 2.75) is 51.2 Å². The number of ether oxygens (including phenoxy) is 1. The fraction of sp³-hybridized carbons (Fsp3) is 0.917. The quantitative estimate of drug-likeness (QED) is 0.797. The number of hydrogen-bond donors (Lipinski definition) is 1. The van der Waals surface area contributed by atoms with Crippen LogP contribution in [0, 0.1) is 0 Å². The second-order valence-corrected chi connectivity index (χ2v) is 5.10. The molecule has 0 aromatic heterocycles. The molecule has 0 saturated carbocycles. The highest BCUT2D eigenvalue weighted by Gasteiger charge is 2.43. The summed E-state index contributed by atoms with van der Waals surface area (Å²) in [6.45, 7) is 7.32. The van der Waals surface area contributed by atoms with Crippen molar-refractivity contribution >= 4 is 6.09 Å². The molecule has 1 amide bonds. The van der Waals surface area contributed by atoms with Crippen molar-refractivity contribution in [3.63, 3.8) is 0 Å². The summed E-state index contributed by atoms with van der Waals surface area (Å²) in [4.78, 5) is 13.6. The lowest BCUT2D eigenvalue weighted by atomic mass is 9.90. The molecule has 1 atom stereocenters. The molecule has 92 valence electrons. The second-order valence-electron chi connectivity index (χ2n) is 5.10. The van der Waals surface area contributed by atoms with E-state index in [1.165, 1.54) is 12.8 Å². The fourth-order valence-electron chi connectivity index (χ4n) is 2.75. The van der Waals surface area contributed by atoms with Gasteiger partial charge in [0.2, 0.25) is 0 Å². The molecular weight excluding hydrogens is 204 g/mol. The first-order chi connectivity index (χ1) is 7.65. The number of carbonyl (C=O) groups excluding carboxylic acids is 1. The lowest BCUT2D eigenvalue weighted by Gasteiger charge is -2.40. The summed E-state index contributed by atoms with van der Waals surface area (Å²) in [6, 6.07) is 0.660. The first kappa shape index (κ1) is 11.7. The first-order valence-electron chi connectivity index (χ1n) is 6.36. The van der Waals surface area contributed by atoms with Crippen LogP contribution in [0.2, 0.25) is 0 Å². The molecule has 2 rings (SSSR count). The molecule has 0 bridgehead atoms. The van der Waals surface area contributed by atoms with Crippen LogP contribution in [0.1, 0.15) is 39.5 Å². The smallest absolute Gasteiger partial charge is 0.407 e. The molecule has 16 heavy (non-hydrogen) atoms. The zero-order valence-electron chi connectivity index (χ0n) is 10.3. The van der Waals surface area contributed by atoms with Gasteiger partial charge in [-0.3, -0.25) is 0 Å². The zero-order valence-corrected chi connectivity index (χ0v) is 10.3. The second kappa shape index (κ2) is 4.62. The van der Waals surface area contributed by atoms with Gasteiger partial charge < -0.3 is 15.0 Å².